The maximum Gasteiger partial charge on any atom is 0.371 e. The third-order valence-corrected chi connectivity index (χ3v) is 2.07. The molecule has 2 rings (SSSR count). The molecule has 0 saturated heterocycles. The third-order valence-electron chi connectivity index (χ3n) is 2.07. The molecule has 0 amide bonds. The quantitative estimate of drug-likeness (QED) is 0.886. The van der Waals surface area contributed by atoms with Crippen LogP contribution < -0.4 is 4.74 Å². The first-order valence-electron chi connectivity index (χ1n) is 4.85. The highest BCUT2D eigenvalue weighted by atomic mass is 19.1. The van der Waals surface area contributed by atoms with Gasteiger partial charge in [0.15, 0.2) is 0 Å². The van der Waals surface area contributed by atoms with Crippen LogP contribution in [0.1, 0.15) is 16.3 Å². The van der Waals surface area contributed by atoms with Crippen LogP contribution in [0.4, 0.5) is 4.39 Å². The van der Waals surface area contributed by atoms with E-state index in [-0.39, 0.29) is 18.2 Å². The average molecular weight is 236 g/mol. The van der Waals surface area contributed by atoms with Crippen LogP contribution in [0.15, 0.2) is 40.8 Å². The van der Waals surface area contributed by atoms with Gasteiger partial charge in [-0.25, -0.2) is 9.18 Å². The number of aromatic carboxylic acids is 1. The molecular formula is C12H9FO4. The summed E-state index contributed by atoms with van der Waals surface area (Å²) in [7, 11) is 0. The summed E-state index contributed by atoms with van der Waals surface area (Å²) < 4.78 is 22.9. The summed E-state index contributed by atoms with van der Waals surface area (Å²) >= 11 is 0. The average Bonchev–Trinajstić information content (AvgIpc) is 2.77. The van der Waals surface area contributed by atoms with Crippen molar-refractivity contribution in [1.29, 1.82) is 0 Å². The van der Waals surface area contributed by atoms with Gasteiger partial charge in [0.2, 0.25) is 5.76 Å². The van der Waals surface area contributed by atoms with Gasteiger partial charge in [-0.15, -0.1) is 0 Å². The molecule has 1 aromatic carbocycles. The fourth-order valence-electron chi connectivity index (χ4n) is 1.26. The van der Waals surface area contributed by atoms with E-state index >= 15 is 0 Å². The molecule has 2 aromatic rings. The standard InChI is InChI=1S/C12H9FO4/c13-8-1-3-9(4-2-8)16-7-10-5-6-11(17-10)12(14)15/h1-6H,7H2,(H,14,15). The number of hydrogen-bond acceptors (Lipinski definition) is 3. The molecule has 17 heavy (non-hydrogen) atoms. The van der Waals surface area contributed by atoms with Crippen LogP contribution in [0.5, 0.6) is 5.75 Å². The Labute approximate surface area is 96.2 Å². The van der Waals surface area contributed by atoms with Gasteiger partial charge in [-0.05, 0) is 36.4 Å². The van der Waals surface area contributed by atoms with E-state index in [1.807, 2.05) is 0 Å². The molecule has 1 N–H and O–H groups in total. The molecule has 0 aliphatic rings. The molecule has 0 radical (unpaired) electrons. The van der Waals surface area contributed by atoms with Crippen molar-refractivity contribution < 1.29 is 23.4 Å². The number of hydrogen-bond donors (Lipinski definition) is 1. The number of halogens is 1. The lowest BCUT2D eigenvalue weighted by molar-refractivity contribution is 0.0658. The zero-order valence-corrected chi connectivity index (χ0v) is 8.72. The number of furan rings is 1. The summed E-state index contributed by atoms with van der Waals surface area (Å²) in [4.78, 5) is 10.5. The van der Waals surface area contributed by atoms with Crippen LogP contribution in [0.3, 0.4) is 0 Å². The van der Waals surface area contributed by atoms with Gasteiger partial charge in [0.1, 0.15) is 23.9 Å². The number of carbonyl (C=O) groups is 1. The van der Waals surface area contributed by atoms with Crippen LogP contribution >= 0.6 is 0 Å². The Morgan fingerprint density at radius 1 is 1.24 bits per heavy atom. The fourth-order valence-corrected chi connectivity index (χ4v) is 1.26. The van der Waals surface area contributed by atoms with E-state index in [4.69, 9.17) is 14.3 Å². The van der Waals surface area contributed by atoms with Gasteiger partial charge < -0.3 is 14.3 Å². The number of ether oxygens (including phenoxy) is 1. The zero-order chi connectivity index (χ0) is 12.3. The molecule has 4 nitrogen and oxygen atoms in total. The van der Waals surface area contributed by atoms with Crippen molar-refractivity contribution in [3.8, 4) is 5.75 Å². The highest BCUT2D eigenvalue weighted by Gasteiger charge is 2.09. The normalized spacial score (nSPS) is 10.2. The Morgan fingerprint density at radius 3 is 2.53 bits per heavy atom. The van der Waals surface area contributed by atoms with Crippen LogP contribution in [0.25, 0.3) is 0 Å². The number of rotatable bonds is 4. The summed E-state index contributed by atoms with van der Waals surface area (Å²) in [6.07, 6.45) is 0. The third kappa shape index (κ3) is 2.84. The Hall–Kier alpha value is -2.30. The first-order chi connectivity index (χ1) is 8.15. The first kappa shape index (κ1) is 11.2. The van der Waals surface area contributed by atoms with Gasteiger partial charge in [0.05, 0.1) is 0 Å². The van der Waals surface area contributed by atoms with Gasteiger partial charge >= 0.3 is 5.97 Å². The topological polar surface area (TPSA) is 59.7 Å². The van der Waals surface area contributed by atoms with Gasteiger partial charge in [-0.2, -0.15) is 0 Å². The highest BCUT2D eigenvalue weighted by molar-refractivity contribution is 5.84. The molecule has 1 aromatic heterocycles. The molecule has 0 fully saturated rings. The van der Waals surface area contributed by atoms with Crippen molar-refractivity contribution >= 4 is 5.97 Å². The SMILES string of the molecule is O=C(O)c1ccc(COc2ccc(F)cc2)o1. The lowest BCUT2D eigenvalue weighted by atomic mass is 10.3. The van der Waals surface area contributed by atoms with E-state index in [0.717, 1.165) is 0 Å². The van der Waals surface area contributed by atoms with Gasteiger partial charge in [-0.1, -0.05) is 0 Å². The van der Waals surface area contributed by atoms with E-state index in [2.05, 4.69) is 0 Å². The molecule has 0 aliphatic carbocycles. The van der Waals surface area contributed by atoms with Gasteiger partial charge in [0.25, 0.3) is 0 Å². The number of benzene rings is 1. The molecule has 0 saturated carbocycles. The van der Waals surface area contributed by atoms with Crippen molar-refractivity contribution in [3.05, 3.63) is 53.7 Å². The predicted octanol–water partition coefficient (Wildman–Crippen LogP) is 2.70. The highest BCUT2D eigenvalue weighted by Crippen LogP contribution is 2.15. The van der Waals surface area contributed by atoms with E-state index in [1.165, 1.54) is 36.4 Å². The van der Waals surface area contributed by atoms with Crippen molar-refractivity contribution in [3.63, 3.8) is 0 Å². The minimum absolute atomic E-state index is 0.0961. The first-order valence-corrected chi connectivity index (χ1v) is 4.85. The van der Waals surface area contributed by atoms with Crippen LogP contribution in [-0.2, 0) is 6.61 Å². The monoisotopic (exact) mass is 236 g/mol. The number of carboxylic acid groups (broad SMARTS) is 1. The van der Waals surface area contributed by atoms with Crippen molar-refractivity contribution in [1.82, 2.24) is 0 Å². The molecular weight excluding hydrogens is 227 g/mol. The predicted molar refractivity (Wildman–Crippen MR) is 56.4 cm³/mol. The van der Waals surface area contributed by atoms with E-state index in [9.17, 15) is 9.18 Å². The minimum Gasteiger partial charge on any atom is -0.486 e. The van der Waals surface area contributed by atoms with Crippen molar-refractivity contribution in [2.24, 2.45) is 0 Å². The smallest absolute Gasteiger partial charge is 0.371 e. The Morgan fingerprint density at radius 2 is 1.94 bits per heavy atom. The summed E-state index contributed by atoms with van der Waals surface area (Å²) in [5, 5.41) is 8.64. The molecule has 0 atom stereocenters. The summed E-state index contributed by atoms with van der Waals surface area (Å²) in [6, 6.07) is 8.39. The van der Waals surface area contributed by atoms with Crippen LogP contribution in [-0.4, -0.2) is 11.1 Å². The largest absolute Gasteiger partial charge is 0.486 e. The molecule has 0 aliphatic heterocycles. The molecule has 0 bridgehead atoms. The van der Waals surface area contributed by atoms with E-state index in [1.54, 1.807) is 0 Å². The second-order valence-corrected chi connectivity index (χ2v) is 3.31. The molecule has 5 heteroatoms. The van der Waals surface area contributed by atoms with E-state index in [0.29, 0.717) is 11.5 Å². The summed E-state index contributed by atoms with van der Waals surface area (Å²) in [6.45, 7) is 0.0961. The Bertz CT molecular complexity index is 516. The molecule has 1 heterocycles. The van der Waals surface area contributed by atoms with Crippen molar-refractivity contribution in [2.75, 3.05) is 0 Å². The number of carboxylic acids is 1. The van der Waals surface area contributed by atoms with Crippen LogP contribution in [0, 0.1) is 5.82 Å². The van der Waals surface area contributed by atoms with Gasteiger partial charge in [0, 0.05) is 0 Å². The van der Waals surface area contributed by atoms with E-state index < -0.39 is 5.97 Å². The molecule has 0 spiro atoms. The lowest BCUT2D eigenvalue weighted by Crippen LogP contribution is -1.95. The maximum absolute atomic E-state index is 12.6. The van der Waals surface area contributed by atoms with Gasteiger partial charge in [-0.3, -0.25) is 0 Å². The maximum atomic E-state index is 12.6. The summed E-state index contributed by atoms with van der Waals surface area (Å²) in [5.41, 5.74) is 0. The molecule has 0 unspecified atom stereocenters. The second kappa shape index (κ2) is 4.69. The minimum atomic E-state index is -1.13. The Kier molecular flexibility index (Phi) is 3.09. The zero-order valence-electron chi connectivity index (χ0n) is 8.72. The Balaban J connectivity index is 1.97. The lowest BCUT2D eigenvalue weighted by Gasteiger charge is -2.03. The van der Waals surface area contributed by atoms with Crippen LogP contribution in [0.2, 0.25) is 0 Å². The molecule has 88 valence electrons. The summed E-state index contributed by atoms with van der Waals surface area (Å²) in [5.74, 6) is -0.726. The second-order valence-electron chi connectivity index (χ2n) is 3.31. The van der Waals surface area contributed by atoms with Crippen molar-refractivity contribution in [2.45, 2.75) is 6.61 Å². The fraction of sp³-hybridized carbons (Fsp3) is 0.0833.